The number of amides is 1. The van der Waals surface area contributed by atoms with Gasteiger partial charge in [0.1, 0.15) is 0 Å². The van der Waals surface area contributed by atoms with Crippen LogP contribution in [0.2, 0.25) is 15.1 Å². The molecule has 4 rings (SSSR count). The van der Waals surface area contributed by atoms with Gasteiger partial charge >= 0.3 is 5.97 Å². The van der Waals surface area contributed by atoms with Crippen molar-refractivity contribution in [1.82, 2.24) is 15.0 Å². The van der Waals surface area contributed by atoms with Crippen LogP contribution in [-0.4, -0.2) is 46.6 Å². The van der Waals surface area contributed by atoms with Gasteiger partial charge in [-0.25, -0.2) is 4.79 Å². The highest BCUT2D eigenvalue weighted by Gasteiger charge is 2.27. The third-order valence-electron chi connectivity index (χ3n) is 5.61. The Hall–Kier alpha value is -2.65. The summed E-state index contributed by atoms with van der Waals surface area (Å²) in [5.74, 6) is -0.0198. The van der Waals surface area contributed by atoms with Gasteiger partial charge in [0.15, 0.2) is 0 Å². The molecule has 0 bridgehead atoms. The van der Waals surface area contributed by atoms with Crippen LogP contribution in [-0.2, 0) is 16.1 Å². The van der Waals surface area contributed by atoms with E-state index < -0.39 is 5.97 Å². The van der Waals surface area contributed by atoms with Gasteiger partial charge in [-0.05, 0) is 62.7 Å². The Kier molecular flexibility index (Phi) is 8.28. The molecule has 0 radical (unpaired) electrons. The average molecular weight is 538 g/mol. The third kappa shape index (κ3) is 6.32. The predicted octanol–water partition coefficient (Wildman–Crippen LogP) is 5.72. The molecular weight excluding hydrogens is 515 g/mol. The molecule has 1 N–H and O–H groups in total. The van der Waals surface area contributed by atoms with Crippen molar-refractivity contribution in [2.45, 2.75) is 26.3 Å². The standard InChI is InChI=1S/C24H23Cl3N4O4/c1-2-34-24(33)14-5-8-20(19(27)10-14)28-23(32)15-4-3-9-31(12-15)13-21-29-22(30-35-21)17-7-6-16(25)11-18(17)26/h5-8,10-11,15H,2-4,9,12-13H2,1H3,(H,28,32). The number of halogens is 3. The number of likely N-dealkylation sites (tertiary alicyclic amines) is 1. The predicted molar refractivity (Wildman–Crippen MR) is 134 cm³/mol. The first-order valence-corrected chi connectivity index (χ1v) is 12.2. The van der Waals surface area contributed by atoms with Crippen molar-refractivity contribution in [2.24, 2.45) is 5.92 Å². The number of rotatable bonds is 7. The summed E-state index contributed by atoms with van der Waals surface area (Å²) in [5.41, 5.74) is 1.41. The summed E-state index contributed by atoms with van der Waals surface area (Å²) in [6.07, 6.45) is 1.59. The minimum atomic E-state index is -0.460. The summed E-state index contributed by atoms with van der Waals surface area (Å²) in [7, 11) is 0. The number of aromatic nitrogens is 2. The molecule has 8 nitrogen and oxygen atoms in total. The Balaban J connectivity index is 1.37. The molecule has 1 aliphatic heterocycles. The second-order valence-corrected chi connectivity index (χ2v) is 9.37. The van der Waals surface area contributed by atoms with Crippen LogP contribution in [0.25, 0.3) is 11.4 Å². The minimum Gasteiger partial charge on any atom is -0.462 e. The molecular formula is C24H23Cl3N4O4. The summed E-state index contributed by atoms with van der Waals surface area (Å²) in [6.45, 7) is 3.75. The maximum atomic E-state index is 12.9. The van der Waals surface area contributed by atoms with E-state index in [0.717, 1.165) is 19.4 Å². The fourth-order valence-corrected chi connectivity index (χ4v) is 4.62. The Morgan fingerprint density at radius 1 is 1.17 bits per heavy atom. The molecule has 0 spiro atoms. The van der Waals surface area contributed by atoms with E-state index in [-0.39, 0.29) is 23.5 Å². The maximum Gasteiger partial charge on any atom is 0.338 e. The Labute approximate surface area is 217 Å². The van der Waals surface area contributed by atoms with Gasteiger partial charge < -0.3 is 14.6 Å². The van der Waals surface area contributed by atoms with Gasteiger partial charge in [0.05, 0.1) is 40.4 Å². The van der Waals surface area contributed by atoms with Gasteiger partial charge in [-0.1, -0.05) is 40.0 Å². The number of benzene rings is 2. The van der Waals surface area contributed by atoms with Crippen LogP contribution >= 0.6 is 34.8 Å². The zero-order chi connectivity index (χ0) is 24.9. The molecule has 1 unspecified atom stereocenters. The molecule has 35 heavy (non-hydrogen) atoms. The first-order valence-electron chi connectivity index (χ1n) is 11.1. The summed E-state index contributed by atoms with van der Waals surface area (Å²) < 4.78 is 10.4. The van der Waals surface area contributed by atoms with Crippen molar-refractivity contribution in [3.63, 3.8) is 0 Å². The van der Waals surface area contributed by atoms with Crippen molar-refractivity contribution >= 4 is 52.4 Å². The van der Waals surface area contributed by atoms with Crippen molar-refractivity contribution in [2.75, 3.05) is 25.0 Å². The highest BCUT2D eigenvalue weighted by Crippen LogP contribution is 2.29. The molecule has 3 aromatic rings. The summed E-state index contributed by atoms with van der Waals surface area (Å²) in [4.78, 5) is 31.3. The Morgan fingerprint density at radius 3 is 2.74 bits per heavy atom. The third-order valence-corrected chi connectivity index (χ3v) is 6.47. The van der Waals surface area contributed by atoms with Gasteiger partial charge in [-0.15, -0.1) is 0 Å². The van der Waals surface area contributed by atoms with Crippen molar-refractivity contribution < 1.29 is 18.8 Å². The normalized spacial score (nSPS) is 16.2. The van der Waals surface area contributed by atoms with Gasteiger partial charge in [-0.2, -0.15) is 4.98 Å². The molecule has 11 heteroatoms. The highest BCUT2D eigenvalue weighted by atomic mass is 35.5. The zero-order valence-corrected chi connectivity index (χ0v) is 21.2. The lowest BCUT2D eigenvalue weighted by atomic mass is 9.97. The molecule has 0 aliphatic carbocycles. The Bertz CT molecular complexity index is 1230. The van der Waals surface area contributed by atoms with E-state index in [1.165, 1.54) is 6.07 Å². The minimum absolute atomic E-state index is 0.139. The Morgan fingerprint density at radius 2 is 2.00 bits per heavy atom. The molecule has 2 aromatic carbocycles. The average Bonchev–Trinajstić information content (AvgIpc) is 3.28. The van der Waals surface area contributed by atoms with Crippen LogP contribution < -0.4 is 5.32 Å². The van der Waals surface area contributed by atoms with E-state index >= 15 is 0 Å². The summed E-state index contributed by atoms with van der Waals surface area (Å²) in [5, 5.41) is 8.14. The number of hydrogen-bond acceptors (Lipinski definition) is 7. The molecule has 1 amide bonds. The monoisotopic (exact) mass is 536 g/mol. The van der Waals surface area contributed by atoms with Crippen molar-refractivity contribution in [3.05, 3.63) is 62.9 Å². The van der Waals surface area contributed by atoms with Gasteiger partial charge in [0, 0.05) is 17.1 Å². The number of carbonyl (C=O) groups excluding carboxylic acids is 2. The molecule has 1 fully saturated rings. The van der Waals surface area contributed by atoms with Gasteiger partial charge in [-0.3, -0.25) is 9.69 Å². The molecule has 1 aliphatic rings. The fourth-order valence-electron chi connectivity index (χ4n) is 3.90. The number of piperidine rings is 1. The first-order chi connectivity index (χ1) is 16.8. The molecule has 2 heterocycles. The van der Waals surface area contributed by atoms with E-state index in [0.29, 0.717) is 51.7 Å². The van der Waals surface area contributed by atoms with E-state index in [4.69, 9.17) is 44.1 Å². The van der Waals surface area contributed by atoms with Crippen LogP contribution in [0.4, 0.5) is 5.69 Å². The van der Waals surface area contributed by atoms with Crippen LogP contribution in [0.5, 0.6) is 0 Å². The number of esters is 1. The topological polar surface area (TPSA) is 97.6 Å². The SMILES string of the molecule is CCOC(=O)c1ccc(NC(=O)C2CCCN(Cc3nc(-c4ccc(Cl)cc4Cl)no3)C2)c(Cl)c1. The number of carbonyl (C=O) groups is 2. The van der Waals surface area contributed by atoms with Crippen molar-refractivity contribution in [1.29, 1.82) is 0 Å². The summed E-state index contributed by atoms with van der Waals surface area (Å²) >= 11 is 18.5. The largest absolute Gasteiger partial charge is 0.462 e. The van der Waals surface area contributed by atoms with E-state index in [1.807, 2.05) is 0 Å². The zero-order valence-electron chi connectivity index (χ0n) is 18.9. The lowest BCUT2D eigenvalue weighted by Crippen LogP contribution is -2.40. The second kappa shape index (κ2) is 11.4. The van der Waals surface area contributed by atoms with Crippen LogP contribution in [0.1, 0.15) is 36.0 Å². The number of anilines is 1. The quantitative estimate of drug-likeness (QED) is 0.385. The number of hydrogen-bond donors (Lipinski definition) is 1. The maximum absolute atomic E-state index is 12.9. The molecule has 0 saturated carbocycles. The molecule has 1 saturated heterocycles. The lowest BCUT2D eigenvalue weighted by molar-refractivity contribution is -0.121. The number of nitrogens with zero attached hydrogens (tertiary/aromatic N) is 3. The molecule has 184 valence electrons. The smallest absolute Gasteiger partial charge is 0.338 e. The van der Waals surface area contributed by atoms with E-state index in [9.17, 15) is 9.59 Å². The van der Waals surface area contributed by atoms with Crippen molar-refractivity contribution in [3.8, 4) is 11.4 Å². The van der Waals surface area contributed by atoms with E-state index in [1.54, 1.807) is 37.3 Å². The van der Waals surface area contributed by atoms with Crippen LogP contribution in [0.3, 0.4) is 0 Å². The second-order valence-electron chi connectivity index (χ2n) is 8.11. The van der Waals surface area contributed by atoms with Crippen LogP contribution in [0.15, 0.2) is 40.9 Å². The molecule has 1 atom stereocenters. The van der Waals surface area contributed by atoms with Gasteiger partial charge in [0.2, 0.25) is 17.6 Å². The number of nitrogens with one attached hydrogen (secondary N) is 1. The van der Waals surface area contributed by atoms with Crippen LogP contribution in [0, 0.1) is 5.92 Å². The van der Waals surface area contributed by atoms with Gasteiger partial charge in [0.25, 0.3) is 0 Å². The molecule has 1 aromatic heterocycles. The lowest BCUT2D eigenvalue weighted by Gasteiger charge is -2.30. The first kappa shape index (κ1) is 25.4. The number of ether oxygens (including phenoxy) is 1. The fraction of sp³-hybridized carbons (Fsp3) is 0.333. The van der Waals surface area contributed by atoms with E-state index in [2.05, 4.69) is 20.4 Å². The summed E-state index contributed by atoms with van der Waals surface area (Å²) in [6, 6.07) is 9.75. The highest BCUT2D eigenvalue weighted by molar-refractivity contribution is 6.36.